The van der Waals surface area contributed by atoms with E-state index in [0.29, 0.717) is 0 Å². The molecule has 0 radical (unpaired) electrons. The molecule has 2 nitrogen and oxygen atoms in total. The molecule has 0 saturated heterocycles. The van der Waals surface area contributed by atoms with E-state index in [2.05, 4.69) is 72.0 Å². The fourth-order valence-corrected chi connectivity index (χ4v) is 3.51. The number of hydrogen-bond acceptors (Lipinski definition) is 3. The lowest BCUT2D eigenvalue weighted by Crippen LogP contribution is -2.16. The van der Waals surface area contributed by atoms with E-state index in [1.165, 1.54) is 20.9 Å². The second-order valence-electron chi connectivity index (χ2n) is 5.84. The van der Waals surface area contributed by atoms with Crippen LogP contribution in [-0.4, -0.2) is 13.7 Å². The van der Waals surface area contributed by atoms with Crippen LogP contribution in [0.5, 0.6) is 5.75 Å². The predicted octanol–water partition coefficient (Wildman–Crippen LogP) is 5.18. The van der Waals surface area contributed by atoms with E-state index >= 15 is 0 Å². The van der Waals surface area contributed by atoms with Crippen LogP contribution in [0.15, 0.2) is 88.7 Å². The Morgan fingerprint density at radius 1 is 0.800 bits per heavy atom. The minimum absolute atomic E-state index is 0.891. The smallest absolute Gasteiger partial charge is 0.118 e. The molecule has 0 fully saturated rings. The van der Waals surface area contributed by atoms with E-state index in [1.807, 2.05) is 12.1 Å². The average molecular weight is 349 g/mol. The lowest BCUT2D eigenvalue weighted by Gasteiger charge is -2.08. The van der Waals surface area contributed by atoms with Crippen molar-refractivity contribution in [3.63, 3.8) is 0 Å². The molecule has 0 amide bonds. The third-order valence-electron chi connectivity index (χ3n) is 3.96. The molecule has 0 aliphatic rings. The minimum Gasteiger partial charge on any atom is -0.497 e. The SMILES string of the molecule is COc1ccc(Sc2cccc(CCNCc3ccccc3)c2)cc1. The highest BCUT2D eigenvalue weighted by molar-refractivity contribution is 7.99. The summed E-state index contributed by atoms with van der Waals surface area (Å²) in [5, 5.41) is 3.51. The zero-order chi connectivity index (χ0) is 17.3. The molecule has 0 aliphatic carbocycles. The summed E-state index contributed by atoms with van der Waals surface area (Å²) in [7, 11) is 1.69. The quantitative estimate of drug-likeness (QED) is 0.566. The summed E-state index contributed by atoms with van der Waals surface area (Å²) in [5.41, 5.74) is 2.69. The Balaban J connectivity index is 1.50. The summed E-state index contributed by atoms with van der Waals surface area (Å²) in [6.07, 6.45) is 1.03. The van der Waals surface area contributed by atoms with Gasteiger partial charge in [0.25, 0.3) is 0 Å². The van der Waals surface area contributed by atoms with Gasteiger partial charge in [-0.15, -0.1) is 0 Å². The number of ether oxygens (including phenoxy) is 1. The number of methoxy groups -OCH3 is 1. The molecule has 0 aromatic heterocycles. The lowest BCUT2D eigenvalue weighted by molar-refractivity contribution is 0.414. The van der Waals surface area contributed by atoms with E-state index in [4.69, 9.17) is 4.74 Å². The maximum absolute atomic E-state index is 5.21. The van der Waals surface area contributed by atoms with Crippen molar-refractivity contribution in [2.75, 3.05) is 13.7 Å². The second-order valence-corrected chi connectivity index (χ2v) is 6.98. The van der Waals surface area contributed by atoms with Crippen molar-refractivity contribution < 1.29 is 4.74 Å². The van der Waals surface area contributed by atoms with Crippen LogP contribution in [0, 0.1) is 0 Å². The Bertz CT molecular complexity index is 772. The van der Waals surface area contributed by atoms with E-state index in [-0.39, 0.29) is 0 Å². The van der Waals surface area contributed by atoms with Gasteiger partial charge in [0.05, 0.1) is 7.11 Å². The molecule has 0 aliphatic heterocycles. The van der Waals surface area contributed by atoms with E-state index in [9.17, 15) is 0 Å². The van der Waals surface area contributed by atoms with Crippen LogP contribution in [0.1, 0.15) is 11.1 Å². The van der Waals surface area contributed by atoms with E-state index in [0.717, 1.165) is 25.3 Å². The Kier molecular flexibility index (Phi) is 6.55. The molecule has 3 aromatic rings. The van der Waals surface area contributed by atoms with Gasteiger partial charge >= 0.3 is 0 Å². The fourth-order valence-electron chi connectivity index (χ4n) is 2.61. The van der Waals surface area contributed by atoms with Crippen LogP contribution >= 0.6 is 11.8 Å². The van der Waals surface area contributed by atoms with Crippen LogP contribution in [0.2, 0.25) is 0 Å². The molecular formula is C22H23NOS. The van der Waals surface area contributed by atoms with E-state index < -0.39 is 0 Å². The lowest BCUT2D eigenvalue weighted by atomic mass is 10.1. The van der Waals surface area contributed by atoms with Gasteiger partial charge in [0.15, 0.2) is 0 Å². The van der Waals surface area contributed by atoms with Gasteiger partial charge in [-0.2, -0.15) is 0 Å². The molecule has 25 heavy (non-hydrogen) atoms. The van der Waals surface area contributed by atoms with Gasteiger partial charge in [-0.3, -0.25) is 0 Å². The fraction of sp³-hybridized carbons (Fsp3) is 0.182. The van der Waals surface area contributed by atoms with Crippen LogP contribution < -0.4 is 10.1 Å². The molecule has 0 bridgehead atoms. The number of nitrogens with one attached hydrogen (secondary N) is 1. The summed E-state index contributed by atoms with van der Waals surface area (Å²) in [5.74, 6) is 0.891. The minimum atomic E-state index is 0.891. The maximum atomic E-state index is 5.21. The second kappa shape index (κ2) is 9.30. The van der Waals surface area contributed by atoms with Crippen LogP contribution in [-0.2, 0) is 13.0 Å². The van der Waals surface area contributed by atoms with E-state index in [1.54, 1.807) is 18.9 Å². The Morgan fingerprint density at radius 2 is 1.56 bits per heavy atom. The van der Waals surface area contributed by atoms with Crippen molar-refractivity contribution in [2.24, 2.45) is 0 Å². The third kappa shape index (κ3) is 5.66. The van der Waals surface area contributed by atoms with Crippen molar-refractivity contribution >= 4 is 11.8 Å². The molecule has 3 rings (SSSR count). The van der Waals surface area contributed by atoms with Crippen molar-refractivity contribution in [1.29, 1.82) is 0 Å². The summed E-state index contributed by atoms with van der Waals surface area (Å²) in [6.45, 7) is 1.90. The summed E-state index contributed by atoms with van der Waals surface area (Å²) < 4.78 is 5.21. The molecule has 0 spiro atoms. The number of benzene rings is 3. The molecule has 0 saturated carbocycles. The Morgan fingerprint density at radius 3 is 2.32 bits per heavy atom. The molecule has 128 valence electrons. The first-order chi connectivity index (χ1) is 12.3. The first-order valence-corrected chi connectivity index (χ1v) is 9.30. The molecule has 0 heterocycles. The largest absolute Gasteiger partial charge is 0.497 e. The van der Waals surface area contributed by atoms with Crippen LogP contribution in [0.25, 0.3) is 0 Å². The van der Waals surface area contributed by atoms with Gasteiger partial charge in [-0.25, -0.2) is 0 Å². The predicted molar refractivity (Wildman–Crippen MR) is 105 cm³/mol. The summed E-state index contributed by atoms with van der Waals surface area (Å²) in [4.78, 5) is 2.49. The van der Waals surface area contributed by atoms with Gasteiger partial charge in [-0.05, 0) is 60.5 Å². The highest BCUT2D eigenvalue weighted by Crippen LogP contribution is 2.29. The topological polar surface area (TPSA) is 21.3 Å². The van der Waals surface area contributed by atoms with Gasteiger partial charge in [-0.1, -0.05) is 54.2 Å². The van der Waals surface area contributed by atoms with Crippen LogP contribution in [0.4, 0.5) is 0 Å². The first-order valence-electron chi connectivity index (χ1n) is 8.49. The first kappa shape index (κ1) is 17.6. The van der Waals surface area contributed by atoms with Crippen molar-refractivity contribution in [2.45, 2.75) is 22.8 Å². The molecule has 0 unspecified atom stereocenters. The molecule has 3 aromatic carbocycles. The van der Waals surface area contributed by atoms with Gasteiger partial charge in [0, 0.05) is 16.3 Å². The summed E-state index contributed by atoms with van der Waals surface area (Å²) >= 11 is 1.78. The number of rotatable bonds is 8. The van der Waals surface area contributed by atoms with Crippen molar-refractivity contribution in [3.05, 3.63) is 90.0 Å². The van der Waals surface area contributed by atoms with Gasteiger partial charge in [0.1, 0.15) is 5.75 Å². The van der Waals surface area contributed by atoms with Crippen LogP contribution in [0.3, 0.4) is 0 Å². The standard InChI is InChI=1S/C22H23NOS/c1-24-20-10-12-21(13-11-20)25-22-9-5-8-18(16-22)14-15-23-17-19-6-3-2-4-7-19/h2-13,16,23H,14-15,17H2,1H3. The van der Waals surface area contributed by atoms with Gasteiger partial charge in [0.2, 0.25) is 0 Å². The Labute approximate surface area is 154 Å². The average Bonchev–Trinajstić information content (AvgIpc) is 2.67. The van der Waals surface area contributed by atoms with Crippen molar-refractivity contribution in [1.82, 2.24) is 5.32 Å². The highest BCUT2D eigenvalue weighted by Gasteiger charge is 2.01. The molecule has 3 heteroatoms. The molecule has 0 atom stereocenters. The highest BCUT2D eigenvalue weighted by atomic mass is 32.2. The molecular weight excluding hydrogens is 326 g/mol. The maximum Gasteiger partial charge on any atom is 0.118 e. The monoisotopic (exact) mass is 349 g/mol. The van der Waals surface area contributed by atoms with Gasteiger partial charge < -0.3 is 10.1 Å². The third-order valence-corrected chi connectivity index (χ3v) is 4.95. The molecule has 1 N–H and O–H groups in total. The summed E-state index contributed by atoms with van der Waals surface area (Å²) in [6, 6.07) is 27.5. The Hall–Kier alpha value is -2.23. The number of hydrogen-bond donors (Lipinski definition) is 1. The van der Waals surface area contributed by atoms with Crippen molar-refractivity contribution in [3.8, 4) is 5.75 Å². The zero-order valence-electron chi connectivity index (χ0n) is 14.4. The zero-order valence-corrected chi connectivity index (χ0v) is 15.3. The normalized spacial score (nSPS) is 10.6.